The van der Waals surface area contributed by atoms with Gasteiger partial charge in [0, 0.05) is 25.0 Å². The van der Waals surface area contributed by atoms with Crippen LogP contribution in [0.2, 0.25) is 0 Å². The first kappa shape index (κ1) is 19.9. The summed E-state index contributed by atoms with van der Waals surface area (Å²) in [7, 11) is 1.61. The average molecular weight is 367 g/mol. The Hall–Kier alpha value is -1.40. The molecule has 1 aromatic rings. The highest BCUT2D eigenvalue weighted by Gasteiger charge is 2.38. The third-order valence-electron chi connectivity index (χ3n) is 4.40. The average Bonchev–Trinajstić information content (AvgIpc) is 2.95. The van der Waals surface area contributed by atoms with Crippen LogP contribution >= 0.6 is 11.3 Å². The van der Waals surface area contributed by atoms with E-state index in [1.807, 2.05) is 20.8 Å². The van der Waals surface area contributed by atoms with Gasteiger partial charge in [-0.05, 0) is 29.2 Å². The van der Waals surface area contributed by atoms with Crippen LogP contribution in [0.5, 0.6) is 0 Å². The molecule has 140 valence electrons. The van der Waals surface area contributed by atoms with Crippen molar-refractivity contribution in [3.63, 3.8) is 0 Å². The highest BCUT2D eigenvalue weighted by atomic mass is 32.1. The second kappa shape index (κ2) is 7.46. The lowest BCUT2D eigenvalue weighted by Gasteiger charge is -2.21. The predicted molar refractivity (Wildman–Crippen MR) is 103 cm³/mol. The molecule has 0 spiro atoms. The SMILES string of the molecule is COCCNC(=O)c1c(NC(=O)CC(C)(C)C)sc2c1C(C)(C)CC2. The second-order valence-corrected chi connectivity index (χ2v) is 9.63. The Balaban J connectivity index is 2.30. The number of carbonyl (C=O) groups excluding carboxylic acids is 2. The van der Waals surface area contributed by atoms with Crippen molar-refractivity contribution in [2.45, 2.75) is 59.3 Å². The third-order valence-corrected chi connectivity index (χ3v) is 5.56. The number of fused-ring (bicyclic) bond motifs is 1. The quantitative estimate of drug-likeness (QED) is 0.754. The van der Waals surface area contributed by atoms with Crippen LogP contribution in [0.4, 0.5) is 5.00 Å². The number of hydrogen-bond acceptors (Lipinski definition) is 4. The minimum atomic E-state index is -0.129. The Bertz CT molecular complexity index is 656. The smallest absolute Gasteiger partial charge is 0.254 e. The Morgan fingerprint density at radius 1 is 1.28 bits per heavy atom. The van der Waals surface area contributed by atoms with E-state index < -0.39 is 0 Å². The summed E-state index contributed by atoms with van der Waals surface area (Å²) >= 11 is 1.55. The van der Waals surface area contributed by atoms with Crippen LogP contribution in [0.3, 0.4) is 0 Å². The lowest BCUT2D eigenvalue weighted by atomic mass is 9.85. The number of aryl methyl sites for hydroxylation is 1. The molecule has 2 amide bonds. The van der Waals surface area contributed by atoms with Crippen LogP contribution in [0, 0.1) is 5.41 Å². The van der Waals surface area contributed by atoms with Crippen molar-refractivity contribution in [1.29, 1.82) is 0 Å². The highest BCUT2D eigenvalue weighted by Crippen LogP contribution is 2.48. The van der Waals surface area contributed by atoms with Gasteiger partial charge in [0.05, 0.1) is 12.2 Å². The first-order valence-electron chi connectivity index (χ1n) is 8.78. The molecular formula is C19H30N2O3S. The summed E-state index contributed by atoms with van der Waals surface area (Å²) in [5.41, 5.74) is 1.59. The van der Waals surface area contributed by atoms with Gasteiger partial charge < -0.3 is 15.4 Å². The van der Waals surface area contributed by atoms with Gasteiger partial charge in [-0.1, -0.05) is 34.6 Å². The molecule has 25 heavy (non-hydrogen) atoms. The molecule has 1 aliphatic rings. The Labute approximate surface area is 154 Å². The van der Waals surface area contributed by atoms with E-state index in [0.717, 1.165) is 18.4 Å². The van der Waals surface area contributed by atoms with Crippen molar-refractivity contribution in [1.82, 2.24) is 5.32 Å². The fraction of sp³-hybridized carbons (Fsp3) is 0.684. The van der Waals surface area contributed by atoms with Gasteiger partial charge in [0.1, 0.15) is 5.00 Å². The summed E-state index contributed by atoms with van der Waals surface area (Å²) in [5.74, 6) is -0.174. The van der Waals surface area contributed by atoms with E-state index in [4.69, 9.17) is 4.74 Å². The lowest BCUT2D eigenvalue weighted by molar-refractivity contribution is -0.117. The molecule has 1 aromatic heterocycles. The largest absolute Gasteiger partial charge is 0.383 e. The molecule has 0 radical (unpaired) electrons. The molecule has 0 saturated heterocycles. The molecule has 0 saturated carbocycles. The molecule has 6 heteroatoms. The van der Waals surface area contributed by atoms with Crippen LogP contribution in [0.15, 0.2) is 0 Å². The van der Waals surface area contributed by atoms with Gasteiger partial charge in [-0.2, -0.15) is 0 Å². The van der Waals surface area contributed by atoms with E-state index in [1.54, 1.807) is 18.4 Å². The van der Waals surface area contributed by atoms with E-state index in [-0.39, 0.29) is 22.6 Å². The number of nitrogens with one attached hydrogen (secondary N) is 2. The van der Waals surface area contributed by atoms with E-state index in [0.29, 0.717) is 30.1 Å². The standard InChI is InChI=1S/C19H30N2O3S/c1-18(2,3)11-13(22)21-17-14(16(23)20-9-10-24-6)15-12(25-17)7-8-19(15,4)5/h7-11H2,1-6H3,(H,20,23)(H,21,22). The zero-order chi connectivity index (χ0) is 18.8. The zero-order valence-electron chi connectivity index (χ0n) is 16.2. The van der Waals surface area contributed by atoms with Gasteiger partial charge in [0.2, 0.25) is 5.91 Å². The number of methoxy groups -OCH3 is 1. The molecule has 2 N–H and O–H groups in total. The number of hydrogen-bond donors (Lipinski definition) is 2. The predicted octanol–water partition coefficient (Wildman–Crippen LogP) is 3.72. The minimum Gasteiger partial charge on any atom is -0.383 e. The molecule has 1 heterocycles. The maximum absolute atomic E-state index is 12.8. The summed E-state index contributed by atoms with van der Waals surface area (Å²) in [6.07, 6.45) is 2.41. The number of ether oxygens (including phenoxy) is 1. The molecular weight excluding hydrogens is 336 g/mol. The Kier molecular flexibility index (Phi) is 5.94. The number of carbonyl (C=O) groups is 2. The monoisotopic (exact) mass is 366 g/mol. The summed E-state index contributed by atoms with van der Waals surface area (Å²) in [4.78, 5) is 26.4. The van der Waals surface area contributed by atoms with Gasteiger partial charge in [-0.3, -0.25) is 9.59 Å². The summed E-state index contributed by atoms with van der Waals surface area (Å²) in [6, 6.07) is 0. The molecule has 2 rings (SSSR count). The molecule has 0 bridgehead atoms. The van der Waals surface area contributed by atoms with Gasteiger partial charge in [0.15, 0.2) is 0 Å². The fourth-order valence-corrected chi connectivity index (χ4v) is 4.63. The van der Waals surface area contributed by atoms with Crippen molar-refractivity contribution in [2.75, 3.05) is 25.6 Å². The lowest BCUT2D eigenvalue weighted by Crippen LogP contribution is -2.30. The second-order valence-electron chi connectivity index (χ2n) is 8.52. The third kappa shape index (κ3) is 4.82. The normalized spacial score (nSPS) is 15.8. The molecule has 0 aliphatic heterocycles. The fourth-order valence-electron chi connectivity index (χ4n) is 3.23. The van der Waals surface area contributed by atoms with E-state index in [1.165, 1.54) is 4.88 Å². The molecule has 0 atom stereocenters. The number of rotatable bonds is 6. The van der Waals surface area contributed by atoms with Crippen molar-refractivity contribution < 1.29 is 14.3 Å². The number of anilines is 1. The maximum Gasteiger partial charge on any atom is 0.254 e. The van der Waals surface area contributed by atoms with E-state index in [9.17, 15) is 9.59 Å². The Morgan fingerprint density at radius 3 is 2.56 bits per heavy atom. The zero-order valence-corrected chi connectivity index (χ0v) is 17.0. The van der Waals surface area contributed by atoms with Gasteiger partial charge in [-0.25, -0.2) is 0 Å². The van der Waals surface area contributed by atoms with Crippen molar-refractivity contribution in [2.24, 2.45) is 5.41 Å². The van der Waals surface area contributed by atoms with Crippen molar-refractivity contribution >= 4 is 28.2 Å². The van der Waals surface area contributed by atoms with Crippen LogP contribution in [0.1, 0.15) is 68.3 Å². The highest BCUT2D eigenvalue weighted by molar-refractivity contribution is 7.17. The molecule has 0 unspecified atom stereocenters. The van der Waals surface area contributed by atoms with Crippen LogP contribution in [0.25, 0.3) is 0 Å². The first-order valence-corrected chi connectivity index (χ1v) is 9.60. The number of thiophene rings is 1. The van der Waals surface area contributed by atoms with Crippen LogP contribution in [-0.2, 0) is 21.4 Å². The summed E-state index contributed by atoms with van der Waals surface area (Å²) < 4.78 is 5.01. The van der Waals surface area contributed by atoms with E-state index in [2.05, 4.69) is 24.5 Å². The van der Waals surface area contributed by atoms with Gasteiger partial charge in [-0.15, -0.1) is 11.3 Å². The topological polar surface area (TPSA) is 67.4 Å². The molecule has 0 aromatic carbocycles. The van der Waals surface area contributed by atoms with E-state index >= 15 is 0 Å². The molecule has 1 aliphatic carbocycles. The Morgan fingerprint density at radius 2 is 1.96 bits per heavy atom. The van der Waals surface area contributed by atoms with Gasteiger partial charge in [0.25, 0.3) is 5.91 Å². The maximum atomic E-state index is 12.8. The van der Waals surface area contributed by atoms with Crippen molar-refractivity contribution in [3.05, 3.63) is 16.0 Å². The van der Waals surface area contributed by atoms with Crippen molar-refractivity contribution in [3.8, 4) is 0 Å². The minimum absolute atomic E-state index is 0.0452. The van der Waals surface area contributed by atoms with Gasteiger partial charge >= 0.3 is 0 Å². The summed E-state index contributed by atoms with van der Waals surface area (Å²) in [5, 5.41) is 6.58. The summed E-state index contributed by atoms with van der Waals surface area (Å²) in [6.45, 7) is 11.3. The van der Waals surface area contributed by atoms with Crippen LogP contribution < -0.4 is 10.6 Å². The number of amides is 2. The molecule has 0 fully saturated rings. The first-order chi connectivity index (χ1) is 11.5. The molecule has 5 nitrogen and oxygen atoms in total. The van der Waals surface area contributed by atoms with Crippen LogP contribution in [-0.4, -0.2) is 32.1 Å².